The Morgan fingerprint density at radius 2 is 2.12 bits per heavy atom. The molecule has 0 saturated carbocycles. The first-order valence-corrected chi connectivity index (χ1v) is 9.27. The fourth-order valence-electron chi connectivity index (χ4n) is 4.92. The molecule has 0 aromatic heterocycles. The summed E-state index contributed by atoms with van der Waals surface area (Å²) in [7, 11) is 4.23. The number of likely N-dealkylation sites (tertiary alicyclic amines) is 1. The standard InChI is InChI=1S/C20H28N2O3/c1-14-4-6-15(7-5-14)24-12-19(23)22-11-17-16(10-21(2)3)18-8-9-20(17,13-22)25-18/h4-7,16-18H,8-13H2,1-3H3/t16-,17+,18+,20+/m0/s1. The van der Waals surface area contributed by atoms with Crippen molar-refractivity contribution in [1.82, 2.24) is 9.80 Å². The maximum atomic E-state index is 12.7. The van der Waals surface area contributed by atoms with Gasteiger partial charge in [0.25, 0.3) is 5.91 Å². The van der Waals surface area contributed by atoms with E-state index in [1.54, 1.807) is 0 Å². The molecule has 0 unspecified atom stereocenters. The number of benzene rings is 1. The van der Waals surface area contributed by atoms with E-state index in [0.29, 0.717) is 17.9 Å². The van der Waals surface area contributed by atoms with E-state index in [2.05, 4.69) is 19.0 Å². The number of carbonyl (C=O) groups excluding carboxylic acids is 1. The second-order valence-corrected chi connectivity index (χ2v) is 8.17. The minimum atomic E-state index is -0.0924. The van der Waals surface area contributed by atoms with E-state index < -0.39 is 0 Å². The highest BCUT2D eigenvalue weighted by Crippen LogP contribution is 2.54. The predicted molar refractivity (Wildman–Crippen MR) is 95.6 cm³/mol. The van der Waals surface area contributed by atoms with Gasteiger partial charge in [-0.1, -0.05) is 17.7 Å². The van der Waals surface area contributed by atoms with Gasteiger partial charge in [0.05, 0.1) is 18.2 Å². The van der Waals surface area contributed by atoms with Crippen molar-refractivity contribution in [2.45, 2.75) is 31.5 Å². The zero-order valence-corrected chi connectivity index (χ0v) is 15.4. The number of ether oxygens (including phenoxy) is 2. The molecule has 1 aromatic rings. The molecule has 4 atom stereocenters. The van der Waals surface area contributed by atoms with Gasteiger partial charge in [-0.3, -0.25) is 4.79 Å². The molecule has 1 amide bonds. The highest BCUT2D eigenvalue weighted by Gasteiger charge is 2.63. The van der Waals surface area contributed by atoms with Crippen molar-refractivity contribution in [2.24, 2.45) is 11.8 Å². The average Bonchev–Trinajstić information content (AvgIpc) is 3.23. The van der Waals surface area contributed by atoms with E-state index in [0.717, 1.165) is 38.2 Å². The number of fused-ring (bicyclic) bond motifs is 1. The van der Waals surface area contributed by atoms with Crippen LogP contribution in [-0.2, 0) is 9.53 Å². The van der Waals surface area contributed by atoms with E-state index in [1.165, 1.54) is 5.56 Å². The highest BCUT2D eigenvalue weighted by atomic mass is 16.5. The molecule has 3 heterocycles. The smallest absolute Gasteiger partial charge is 0.260 e. The highest BCUT2D eigenvalue weighted by molar-refractivity contribution is 5.78. The molecule has 0 aliphatic carbocycles. The Labute approximate surface area is 149 Å². The van der Waals surface area contributed by atoms with Crippen molar-refractivity contribution in [2.75, 3.05) is 40.3 Å². The Kier molecular flexibility index (Phi) is 4.24. The van der Waals surface area contributed by atoms with Crippen LogP contribution in [0.4, 0.5) is 0 Å². The monoisotopic (exact) mass is 344 g/mol. The van der Waals surface area contributed by atoms with Crippen molar-refractivity contribution in [3.63, 3.8) is 0 Å². The first-order valence-electron chi connectivity index (χ1n) is 9.27. The second-order valence-electron chi connectivity index (χ2n) is 8.17. The Morgan fingerprint density at radius 3 is 2.84 bits per heavy atom. The van der Waals surface area contributed by atoms with Crippen LogP contribution in [0.25, 0.3) is 0 Å². The molecule has 2 bridgehead atoms. The van der Waals surface area contributed by atoms with Gasteiger partial charge in [0.15, 0.2) is 6.61 Å². The summed E-state index contributed by atoms with van der Waals surface area (Å²) < 4.78 is 12.1. The first-order chi connectivity index (χ1) is 12.0. The summed E-state index contributed by atoms with van der Waals surface area (Å²) >= 11 is 0. The predicted octanol–water partition coefficient (Wildman–Crippen LogP) is 1.94. The van der Waals surface area contributed by atoms with Gasteiger partial charge >= 0.3 is 0 Å². The molecule has 1 aromatic carbocycles. The number of rotatable bonds is 5. The van der Waals surface area contributed by atoms with Crippen LogP contribution in [-0.4, -0.2) is 67.7 Å². The molecule has 3 fully saturated rings. The number of nitrogens with zero attached hydrogens (tertiary/aromatic N) is 2. The molecule has 25 heavy (non-hydrogen) atoms. The Hall–Kier alpha value is -1.59. The number of carbonyl (C=O) groups is 1. The van der Waals surface area contributed by atoms with Crippen LogP contribution in [0.5, 0.6) is 5.75 Å². The van der Waals surface area contributed by atoms with Gasteiger partial charge in [0, 0.05) is 24.9 Å². The van der Waals surface area contributed by atoms with Crippen LogP contribution < -0.4 is 4.74 Å². The lowest BCUT2D eigenvalue weighted by Crippen LogP contribution is -2.40. The molecule has 5 heteroatoms. The van der Waals surface area contributed by atoms with Crippen molar-refractivity contribution in [3.8, 4) is 5.75 Å². The Morgan fingerprint density at radius 1 is 1.36 bits per heavy atom. The van der Waals surface area contributed by atoms with Crippen LogP contribution in [0.2, 0.25) is 0 Å². The number of amides is 1. The van der Waals surface area contributed by atoms with Gasteiger partial charge < -0.3 is 19.3 Å². The molecule has 3 saturated heterocycles. The van der Waals surface area contributed by atoms with Crippen LogP contribution in [0.15, 0.2) is 24.3 Å². The summed E-state index contributed by atoms with van der Waals surface area (Å²) in [4.78, 5) is 16.9. The van der Waals surface area contributed by atoms with E-state index >= 15 is 0 Å². The number of aryl methyl sites for hydroxylation is 1. The van der Waals surface area contributed by atoms with Gasteiger partial charge in [0.2, 0.25) is 0 Å². The molecule has 1 spiro atoms. The lowest BCUT2D eigenvalue weighted by atomic mass is 9.73. The topological polar surface area (TPSA) is 42.0 Å². The molecule has 3 aliphatic rings. The summed E-state index contributed by atoms with van der Waals surface area (Å²) in [6.07, 6.45) is 2.61. The third kappa shape index (κ3) is 3.04. The zero-order valence-electron chi connectivity index (χ0n) is 15.4. The van der Waals surface area contributed by atoms with E-state index in [9.17, 15) is 4.79 Å². The maximum Gasteiger partial charge on any atom is 0.260 e. The summed E-state index contributed by atoms with van der Waals surface area (Å²) in [5, 5.41) is 0. The molecule has 0 radical (unpaired) electrons. The summed E-state index contributed by atoms with van der Waals surface area (Å²) in [6.45, 7) is 4.72. The Bertz CT molecular complexity index is 645. The third-order valence-electron chi connectivity index (χ3n) is 6.10. The number of hydrogen-bond acceptors (Lipinski definition) is 4. The minimum absolute atomic E-state index is 0.0694. The lowest BCUT2D eigenvalue weighted by Gasteiger charge is -2.30. The number of hydrogen-bond donors (Lipinski definition) is 0. The molecule has 136 valence electrons. The van der Waals surface area contributed by atoms with Crippen molar-refractivity contribution < 1.29 is 14.3 Å². The third-order valence-corrected chi connectivity index (χ3v) is 6.10. The second kappa shape index (κ2) is 6.29. The van der Waals surface area contributed by atoms with Crippen LogP contribution >= 0.6 is 0 Å². The fourth-order valence-corrected chi connectivity index (χ4v) is 4.92. The molecule has 3 aliphatic heterocycles. The van der Waals surface area contributed by atoms with Crippen molar-refractivity contribution >= 4 is 5.91 Å². The molecule has 5 nitrogen and oxygen atoms in total. The van der Waals surface area contributed by atoms with Gasteiger partial charge in [-0.05, 0) is 46.0 Å². The summed E-state index contributed by atoms with van der Waals surface area (Å²) in [6, 6.07) is 7.82. The average molecular weight is 344 g/mol. The van der Waals surface area contributed by atoms with Gasteiger partial charge in [-0.25, -0.2) is 0 Å². The van der Waals surface area contributed by atoms with Gasteiger partial charge in [-0.15, -0.1) is 0 Å². The first kappa shape index (κ1) is 16.9. The van der Waals surface area contributed by atoms with Crippen LogP contribution in [0.1, 0.15) is 18.4 Å². The molecule has 4 rings (SSSR count). The van der Waals surface area contributed by atoms with Crippen molar-refractivity contribution in [1.29, 1.82) is 0 Å². The van der Waals surface area contributed by atoms with E-state index in [-0.39, 0.29) is 18.1 Å². The van der Waals surface area contributed by atoms with Crippen molar-refractivity contribution in [3.05, 3.63) is 29.8 Å². The van der Waals surface area contributed by atoms with Gasteiger partial charge in [-0.2, -0.15) is 0 Å². The Balaban J connectivity index is 1.38. The van der Waals surface area contributed by atoms with Gasteiger partial charge in [0.1, 0.15) is 5.75 Å². The summed E-state index contributed by atoms with van der Waals surface area (Å²) in [5.74, 6) is 1.83. The molecular weight excluding hydrogens is 316 g/mol. The van der Waals surface area contributed by atoms with E-state index in [1.807, 2.05) is 36.1 Å². The largest absolute Gasteiger partial charge is 0.484 e. The quantitative estimate of drug-likeness (QED) is 0.819. The fraction of sp³-hybridized carbons (Fsp3) is 0.650. The SMILES string of the molecule is Cc1ccc(OCC(=O)N2C[C@@H]3[C@H](CN(C)C)[C@H]4CC[C@]3(C2)O4)cc1. The maximum absolute atomic E-state index is 12.7. The molecule has 0 N–H and O–H groups in total. The minimum Gasteiger partial charge on any atom is -0.484 e. The van der Waals surface area contributed by atoms with Crippen LogP contribution in [0, 0.1) is 18.8 Å². The summed E-state index contributed by atoms with van der Waals surface area (Å²) in [5.41, 5.74) is 1.09. The van der Waals surface area contributed by atoms with E-state index in [4.69, 9.17) is 9.47 Å². The zero-order chi connectivity index (χ0) is 17.6. The normalized spacial score (nSPS) is 33.1. The lowest BCUT2D eigenvalue weighted by molar-refractivity contribution is -0.133. The van der Waals surface area contributed by atoms with Crippen LogP contribution in [0.3, 0.4) is 0 Å². The molecular formula is C20H28N2O3.